The second-order valence-corrected chi connectivity index (χ2v) is 4.61. The van der Waals surface area contributed by atoms with Gasteiger partial charge in [0, 0.05) is 11.8 Å². The number of hydrogen-bond donors (Lipinski definition) is 0. The Morgan fingerprint density at radius 2 is 1.75 bits per heavy atom. The molecule has 0 saturated heterocycles. The van der Waals surface area contributed by atoms with Gasteiger partial charge in [0.25, 0.3) is 0 Å². The van der Waals surface area contributed by atoms with Gasteiger partial charge in [-0.2, -0.15) is 5.10 Å². The van der Waals surface area contributed by atoms with Gasteiger partial charge in [0.15, 0.2) is 0 Å². The average Bonchev–Trinajstić information content (AvgIpc) is 2.88. The summed E-state index contributed by atoms with van der Waals surface area (Å²) in [6.45, 7) is 1.82. The summed E-state index contributed by atoms with van der Waals surface area (Å²) < 4.78 is 28.0. The molecule has 0 aliphatic heterocycles. The van der Waals surface area contributed by atoms with Gasteiger partial charge >= 0.3 is 0 Å². The fraction of sp³-hybridized carbons (Fsp3) is 0.0625. The monoisotopic (exact) mass is 270 g/mol. The zero-order chi connectivity index (χ0) is 14.1. The second kappa shape index (κ2) is 4.89. The van der Waals surface area contributed by atoms with Gasteiger partial charge in [-0.3, -0.25) is 0 Å². The summed E-state index contributed by atoms with van der Waals surface area (Å²) >= 11 is 0. The molecule has 2 aromatic carbocycles. The summed E-state index contributed by atoms with van der Waals surface area (Å²) in [5, 5.41) is 4.25. The number of aromatic nitrogens is 2. The van der Waals surface area contributed by atoms with Crippen LogP contribution in [0, 0.1) is 18.6 Å². The molecule has 4 heteroatoms. The molecule has 0 bridgehead atoms. The van der Waals surface area contributed by atoms with E-state index in [1.165, 1.54) is 24.3 Å². The van der Waals surface area contributed by atoms with Crippen LogP contribution in [0.3, 0.4) is 0 Å². The Labute approximate surface area is 115 Å². The normalized spacial score (nSPS) is 10.8. The standard InChI is InChI=1S/C16H12F2N2/c1-11-7-15(18)5-6-16(11)20-10-13(9-19-20)12-3-2-4-14(17)8-12/h2-10H,1H3. The highest BCUT2D eigenvalue weighted by Gasteiger charge is 2.07. The van der Waals surface area contributed by atoms with Crippen molar-refractivity contribution >= 4 is 0 Å². The molecule has 0 N–H and O–H groups in total. The summed E-state index contributed by atoms with van der Waals surface area (Å²) in [5.41, 5.74) is 3.16. The predicted molar refractivity (Wildman–Crippen MR) is 73.7 cm³/mol. The van der Waals surface area contributed by atoms with E-state index in [2.05, 4.69) is 5.10 Å². The zero-order valence-electron chi connectivity index (χ0n) is 10.8. The van der Waals surface area contributed by atoms with Gasteiger partial charge < -0.3 is 0 Å². The minimum atomic E-state index is -0.284. The maximum Gasteiger partial charge on any atom is 0.123 e. The van der Waals surface area contributed by atoms with E-state index < -0.39 is 0 Å². The predicted octanol–water partition coefficient (Wildman–Crippen LogP) is 4.13. The molecule has 20 heavy (non-hydrogen) atoms. The molecule has 2 nitrogen and oxygen atoms in total. The highest BCUT2D eigenvalue weighted by atomic mass is 19.1. The van der Waals surface area contributed by atoms with Crippen LogP contribution in [0.15, 0.2) is 54.9 Å². The molecule has 0 fully saturated rings. The first kappa shape index (κ1) is 12.5. The topological polar surface area (TPSA) is 17.8 Å². The largest absolute Gasteiger partial charge is 0.240 e. The summed E-state index contributed by atoms with van der Waals surface area (Å²) in [4.78, 5) is 0. The minimum Gasteiger partial charge on any atom is -0.240 e. The molecule has 0 saturated carbocycles. The van der Waals surface area contributed by atoms with Crippen LogP contribution in [0.4, 0.5) is 8.78 Å². The molecule has 1 heterocycles. The van der Waals surface area contributed by atoms with Crippen molar-refractivity contribution < 1.29 is 8.78 Å². The number of hydrogen-bond acceptors (Lipinski definition) is 1. The summed E-state index contributed by atoms with van der Waals surface area (Å²) in [5.74, 6) is -0.558. The van der Waals surface area contributed by atoms with Crippen LogP contribution >= 0.6 is 0 Å². The lowest BCUT2D eigenvalue weighted by Crippen LogP contribution is -1.97. The lowest BCUT2D eigenvalue weighted by atomic mass is 10.1. The minimum absolute atomic E-state index is 0.274. The van der Waals surface area contributed by atoms with Gasteiger partial charge in [0.2, 0.25) is 0 Å². The lowest BCUT2D eigenvalue weighted by molar-refractivity contribution is 0.625. The van der Waals surface area contributed by atoms with Gasteiger partial charge in [-0.25, -0.2) is 13.5 Å². The first-order valence-electron chi connectivity index (χ1n) is 6.20. The van der Waals surface area contributed by atoms with E-state index in [-0.39, 0.29) is 11.6 Å². The number of nitrogens with zero attached hydrogens (tertiary/aromatic N) is 2. The van der Waals surface area contributed by atoms with E-state index in [9.17, 15) is 8.78 Å². The van der Waals surface area contributed by atoms with Crippen LogP contribution in [0.5, 0.6) is 0 Å². The van der Waals surface area contributed by atoms with Crippen molar-refractivity contribution in [3.05, 3.63) is 72.1 Å². The van der Waals surface area contributed by atoms with Crippen LogP contribution in [-0.2, 0) is 0 Å². The summed E-state index contributed by atoms with van der Waals surface area (Å²) in [6.07, 6.45) is 3.46. The van der Waals surface area contributed by atoms with Crippen molar-refractivity contribution in [1.82, 2.24) is 9.78 Å². The Morgan fingerprint density at radius 3 is 2.50 bits per heavy atom. The molecule has 0 aliphatic carbocycles. The van der Waals surface area contributed by atoms with Gasteiger partial charge in [0.05, 0.1) is 11.9 Å². The van der Waals surface area contributed by atoms with Crippen LogP contribution in [0.25, 0.3) is 16.8 Å². The third-order valence-electron chi connectivity index (χ3n) is 3.15. The molecular formula is C16H12F2N2. The SMILES string of the molecule is Cc1cc(F)ccc1-n1cc(-c2cccc(F)c2)cn1. The van der Waals surface area contributed by atoms with Crippen molar-refractivity contribution in [1.29, 1.82) is 0 Å². The van der Waals surface area contributed by atoms with E-state index in [0.29, 0.717) is 0 Å². The van der Waals surface area contributed by atoms with Crippen LogP contribution in [0.1, 0.15) is 5.56 Å². The number of halogens is 2. The highest BCUT2D eigenvalue weighted by molar-refractivity contribution is 5.62. The van der Waals surface area contributed by atoms with Crippen LogP contribution in [-0.4, -0.2) is 9.78 Å². The quantitative estimate of drug-likeness (QED) is 0.684. The molecule has 0 spiro atoms. The molecule has 3 rings (SSSR count). The lowest BCUT2D eigenvalue weighted by Gasteiger charge is -2.05. The molecule has 0 aliphatic rings. The van der Waals surface area contributed by atoms with E-state index in [0.717, 1.165) is 22.4 Å². The molecule has 1 aromatic heterocycles. The van der Waals surface area contributed by atoms with Crippen molar-refractivity contribution in [2.24, 2.45) is 0 Å². The smallest absolute Gasteiger partial charge is 0.123 e. The van der Waals surface area contributed by atoms with Crippen molar-refractivity contribution in [3.8, 4) is 16.8 Å². The summed E-state index contributed by atoms with van der Waals surface area (Å²) in [7, 11) is 0. The van der Waals surface area contributed by atoms with E-state index in [1.54, 1.807) is 29.2 Å². The molecule has 100 valence electrons. The maximum absolute atomic E-state index is 13.2. The number of aryl methyl sites for hydroxylation is 1. The van der Waals surface area contributed by atoms with Crippen LogP contribution < -0.4 is 0 Å². The average molecular weight is 270 g/mol. The Kier molecular flexibility index (Phi) is 3.06. The van der Waals surface area contributed by atoms with Gasteiger partial charge in [-0.1, -0.05) is 12.1 Å². The molecule has 3 aromatic rings. The molecule has 0 amide bonds. The second-order valence-electron chi connectivity index (χ2n) is 4.61. The third kappa shape index (κ3) is 2.32. The van der Waals surface area contributed by atoms with Gasteiger partial charge in [0.1, 0.15) is 11.6 Å². The Morgan fingerprint density at radius 1 is 0.950 bits per heavy atom. The Balaban J connectivity index is 2.02. The van der Waals surface area contributed by atoms with Crippen molar-refractivity contribution in [2.75, 3.05) is 0 Å². The molecule has 0 atom stereocenters. The molecule has 0 radical (unpaired) electrons. The van der Waals surface area contributed by atoms with Crippen molar-refractivity contribution in [3.63, 3.8) is 0 Å². The zero-order valence-corrected chi connectivity index (χ0v) is 10.8. The molecule has 0 unspecified atom stereocenters. The first-order valence-corrected chi connectivity index (χ1v) is 6.20. The van der Waals surface area contributed by atoms with Gasteiger partial charge in [-0.05, 0) is 48.4 Å². The van der Waals surface area contributed by atoms with Crippen molar-refractivity contribution in [2.45, 2.75) is 6.92 Å². The number of benzene rings is 2. The van der Waals surface area contributed by atoms with Gasteiger partial charge in [-0.15, -0.1) is 0 Å². The van der Waals surface area contributed by atoms with Crippen LogP contribution in [0.2, 0.25) is 0 Å². The number of rotatable bonds is 2. The fourth-order valence-corrected chi connectivity index (χ4v) is 2.15. The Hall–Kier alpha value is -2.49. The highest BCUT2D eigenvalue weighted by Crippen LogP contribution is 2.22. The first-order chi connectivity index (χ1) is 9.63. The maximum atomic E-state index is 13.2. The fourth-order valence-electron chi connectivity index (χ4n) is 2.15. The van der Waals surface area contributed by atoms with E-state index in [4.69, 9.17) is 0 Å². The van der Waals surface area contributed by atoms with E-state index >= 15 is 0 Å². The molecular weight excluding hydrogens is 258 g/mol. The van der Waals surface area contributed by atoms with E-state index in [1.807, 2.05) is 13.0 Å². The third-order valence-corrected chi connectivity index (χ3v) is 3.15. The Bertz CT molecular complexity index is 763. The summed E-state index contributed by atoms with van der Waals surface area (Å²) in [6, 6.07) is 10.9.